The molecule has 1 saturated heterocycles. The Hall–Kier alpha value is -0.910. The topological polar surface area (TPSA) is 49.4 Å². The van der Waals surface area contributed by atoms with Crippen LogP contribution in [0.2, 0.25) is 0 Å². The predicted octanol–water partition coefficient (Wildman–Crippen LogP) is 1.81. The maximum absolute atomic E-state index is 11.6. The van der Waals surface area contributed by atoms with E-state index < -0.39 is 9.84 Å². The molecule has 0 radical (unpaired) electrons. The van der Waals surface area contributed by atoms with Crippen molar-refractivity contribution in [2.45, 2.75) is 38.9 Å². The van der Waals surface area contributed by atoms with Crippen LogP contribution < -0.4 is 5.32 Å². The van der Waals surface area contributed by atoms with Gasteiger partial charge in [0.05, 0.1) is 11.5 Å². The average Bonchev–Trinajstić information content (AvgIpc) is 2.81. The van der Waals surface area contributed by atoms with Crippen molar-refractivity contribution < 1.29 is 8.42 Å². The van der Waals surface area contributed by atoms with Crippen LogP contribution in [-0.4, -0.2) is 44.5 Å². The lowest BCUT2D eigenvalue weighted by atomic mass is 10.1. The number of nitrogens with one attached hydrogen (secondary N) is 1. The lowest BCUT2D eigenvalue weighted by molar-refractivity contribution is 0.253. The van der Waals surface area contributed by atoms with Crippen molar-refractivity contribution >= 4 is 9.84 Å². The molecule has 0 saturated carbocycles. The van der Waals surface area contributed by atoms with Crippen molar-refractivity contribution in [1.82, 2.24) is 10.2 Å². The molecule has 1 unspecified atom stereocenters. The summed E-state index contributed by atoms with van der Waals surface area (Å²) in [7, 11) is -0.785. The van der Waals surface area contributed by atoms with Gasteiger partial charge in [0, 0.05) is 19.1 Å². The van der Waals surface area contributed by atoms with Crippen LogP contribution in [0.3, 0.4) is 0 Å². The van der Waals surface area contributed by atoms with E-state index >= 15 is 0 Å². The highest BCUT2D eigenvalue weighted by molar-refractivity contribution is 7.91. The number of nitrogens with zero attached hydrogens (tertiary/aromatic N) is 1. The Morgan fingerprint density at radius 3 is 2.62 bits per heavy atom. The summed E-state index contributed by atoms with van der Waals surface area (Å²) in [5.74, 6) is 0.640. The second kappa shape index (κ2) is 7.38. The van der Waals surface area contributed by atoms with Gasteiger partial charge in [0.15, 0.2) is 9.84 Å². The fourth-order valence-electron chi connectivity index (χ4n) is 2.80. The van der Waals surface area contributed by atoms with Gasteiger partial charge < -0.3 is 5.32 Å². The quantitative estimate of drug-likeness (QED) is 0.780. The van der Waals surface area contributed by atoms with Gasteiger partial charge in [-0.2, -0.15) is 0 Å². The molecular weight excluding hydrogens is 284 g/mol. The largest absolute Gasteiger partial charge is 0.313 e. The van der Waals surface area contributed by atoms with E-state index in [1.807, 2.05) is 7.05 Å². The first-order chi connectivity index (χ1) is 10.0. The molecule has 1 atom stereocenters. The third kappa shape index (κ3) is 4.80. The van der Waals surface area contributed by atoms with Crippen LogP contribution in [0.1, 0.15) is 30.9 Å². The monoisotopic (exact) mass is 310 g/mol. The zero-order valence-electron chi connectivity index (χ0n) is 13.0. The van der Waals surface area contributed by atoms with Crippen LogP contribution in [-0.2, 0) is 22.9 Å². The molecule has 1 aliphatic rings. The van der Waals surface area contributed by atoms with Crippen molar-refractivity contribution in [1.29, 1.82) is 0 Å². The van der Waals surface area contributed by atoms with Crippen molar-refractivity contribution in [2.24, 2.45) is 0 Å². The highest BCUT2D eigenvalue weighted by Gasteiger charge is 2.30. The molecule has 0 aliphatic carbocycles. The van der Waals surface area contributed by atoms with Crippen LogP contribution in [0.4, 0.5) is 0 Å². The highest BCUT2D eigenvalue weighted by Crippen LogP contribution is 2.19. The van der Waals surface area contributed by atoms with Gasteiger partial charge in [-0.25, -0.2) is 8.42 Å². The molecule has 118 valence electrons. The van der Waals surface area contributed by atoms with Gasteiger partial charge in [0.1, 0.15) is 0 Å². The van der Waals surface area contributed by atoms with E-state index in [2.05, 4.69) is 41.4 Å². The second-order valence-corrected chi connectivity index (χ2v) is 8.15. The first-order valence-corrected chi connectivity index (χ1v) is 9.52. The maximum atomic E-state index is 11.6. The first-order valence-electron chi connectivity index (χ1n) is 7.70. The summed E-state index contributed by atoms with van der Waals surface area (Å²) in [6.45, 7) is 4.86. The maximum Gasteiger partial charge on any atom is 0.151 e. The zero-order valence-corrected chi connectivity index (χ0v) is 13.8. The molecule has 1 N–H and O–H groups in total. The van der Waals surface area contributed by atoms with E-state index in [1.165, 1.54) is 11.1 Å². The van der Waals surface area contributed by atoms with Crippen LogP contribution in [0.5, 0.6) is 0 Å². The number of hydrogen-bond donors (Lipinski definition) is 1. The summed E-state index contributed by atoms with van der Waals surface area (Å²) in [4.78, 5) is 2.18. The van der Waals surface area contributed by atoms with Gasteiger partial charge in [-0.3, -0.25) is 4.90 Å². The van der Waals surface area contributed by atoms with Crippen LogP contribution in [0.25, 0.3) is 0 Å². The van der Waals surface area contributed by atoms with E-state index in [0.717, 1.165) is 32.5 Å². The Labute approximate surface area is 128 Å². The summed E-state index contributed by atoms with van der Waals surface area (Å²) in [5.41, 5.74) is 2.59. The van der Waals surface area contributed by atoms with E-state index in [0.29, 0.717) is 11.5 Å². The van der Waals surface area contributed by atoms with Crippen molar-refractivity contribution in [3.05, 3.63) is 35.4 Å². The van der Waals surface area contributed by atoms with Crippen LogP contribution in [0, 0.1) is 0 Å². The van der Waals surface area contributed by atoms with Gasteiger partial charge in [-0.05, 0) is 37.6 Å². The lowest BCUT2D eigenvalue weighted by Crippen LogP contribution is -2.32. The molecule has 1 aliphatic heterocycles. The molecule has 0 bridgehead atoms. The number of sulfone groups is 1. The van der Waals surface area contributed by atoms with Crippen LogP contribution >= 0.6 is 0 Å². The van der Waals surface area contributed by atoms with Gasteiger partial charge in [-0.15, -0.1) is 0 Å². The predicted molar refractivity (Wildman–Crippen MR) is 87.0 cm³/mol. The van der Waals surface area contributed by atoms with Gasteiger partial charge in [0.25, 0.3) is 0 Å². The second-order valence-electron chi connectivity index (χ2n) is 5.92. The van der Waals surface area contributed by atoms with Gasteiger partial charge in [0.2, 0.25) is 0 Å². The molecule has 0 amide bonds. The molecule has 1 heterocycles. The Morgan fingerprint density at radius 2 is 2.00 bits per heavy atom. The van der Waals surface area contributed by atoms with Crippen LogP contribution in [0.15, 0.2) is 24.3 Å². The van der Waals surface area contributed by atoms with E-state index in [9.17, 15) is 8.42 Å². The molecule has 5 heteroatoms. The van der Waals surface area contributed by atoms with Gasteiger partial charge in [-0.1, -0.05) is 31.2 Å². The van der Waals surface area contributed by atoms with Crippen molar-refractivity contribution in [2.75, 3.05) is 25.1 Å². The summed E-state index contributed by atoms with van der Waals surface area (Å²) in [6, 6.07) is 8.57. The highest BCUT2D eigenvalue weighted by atomic mass is 32.2. The standard InChI is InChI=1S/C16H26N2O2S/c1-3-9-17-11-14-6-4-5-7-15(14)12-18(2)16-8-10-21(19,20)13-16/h4-7,16-17H,3,8-13H2,1-2H3. The lowest BCUT2D eigenvalue weighted by Gasteiger charge is -2.24. The minimum Gasteiger partial charge on any atom is -0.313 e. The Balaban J connectivity index is 1.98. The molecule has 4 nitrogen and oxygen atoms in total. The third-order valence-electron chi connectivity index (χ3n) is 4.11. The molecule has 2 rings (SSSR count). The smallest absolute Gasteiger partial charge is 0.151 e. The summed E-state index contributed by atoms with van der Waals surface area (Å²) < 4.78 is 23.2. The number of hydrogen-bond acceptors (Lipinski definition) is 4. The average molecular weight is 310 g/mol. The minimum atomic E-state index is -2.81. The molecule has 21 heavy (non-hydrogen) atoms. The number of rotatable bonds is 7. The Bertz CT molecular complexity index is 557. The molecule has 1 aromatic carbocycles. The first kappa shape index (κ1) is 16.5. The number of benzene rings is 1. The Kier molecular flexibility index (Phi) is 5.79. The molecule has 1 fully saturated rings. The molecule has 0 spiro atoms. The molecular formula is C16H26N2O2S. The van der Waals surface area contributed by atoms with E-state index in [-0.39, 0.29) is 6.04 Å². The van der Waals surface area contributed by atoms with E-state index in [4.69, 9.17) is 0 Å². The summed E-state index contributed by atoms with van der Waals surface area (Å²) in [6.07, 6.45) is 1.89. The third-order valence-corrected chi connectivity index (χ3v) is 5.86. The SMILES string of the molecule is CCCNCc1ccccc1CN(C)C1CCS(=O)(=O)C1. The van der Waals surface area contributed by atoms with Gasteiger partial charge >= 0.3 is 0 Å². The molecule has 0 aromatic heterocycles. The van der Waals surface area contributed by atoms with E-state index in [1.54, 1.807) is 0 Å². The minimum absolute atomic E-state index is 0.159. The fraction of sp³-hybridized carbons (Fsp3) is 0.625. The summed E-state index contributed by atoms with van der Waals surface area (Å²) >= 11 is 0. The Morgan fingerprint density at radius 1 is 1.29 bits per heavy atom. The molecule has 1 aromatic rings. The van der Waals surface area contributed by atoms with Crippen molar-refractivity contribution in [3.8, 4) is 0 Å². The summed E-state index contributed by atoms with van der Waals surface area (Å²) in [5, 5.41) is 3.43. The normalized spacial score (nSPS) is 21.0. The van der Waals surface area contributed by atoms with Crippen molar-refractivity contribution in [3.63, 3.8) is 0 Å². The zero-order chi connectivity index (χ0) is 15.3. The fourth-order valence-corrected chi connectivity index (χ4v) is 4.61.